The fourth-order valence-electron chi connectivity index (χ4n) is 2.45. The van der Waals surface area contributed by atoms with Gasteiger partial charge in [-0.05, 0) is 25.0 Å². The lowest BCUT2D eigenvalue weighted by atomic mass is 10.1. The summed E-state index contributed by atoms with van der Waals surface area (Å²) < 4.78 is 5.41. The first-order valence-corrected chi connectivity index (χ1v) is 8.01. The molecule has 22 heavy (non-hydrogen) atoms. The van der Waals surface area contributed by atoms with Crippen LogP contribution in [0, 0.1) is 0 Å². The van der Waals surface area contributed by atoms with Gasteiger partial charge in [0.15, 0.2) is 5.88 Å². The highest BCUT2D eigenvalue weighted by Crippen LogP contribution is 2.34. The largest absolute Gasteiger partial charge is 0.482 e. The number of likely N-dealkylation sites (N-methyl/N-ethyl adjacent to an activating group) is 1. The van der Waals surface area contributed by atoms with Gasteiger partial charge in [0.2, 0.25) is 5.91 Å². The molecule has 2 rings (SSSR count). The Morgan fingerprint density at radius 1 is 1.32 bits per heavy atom. The van der Waals surface area contributed by atoms with Crippen LogP contribution in [0.2, 0.25) is 10.0 Å². The van der Waals surface area contributed by atoms with Crippen molar-refractivity contribution in [3.8, 4) is 5.88 Å². The molecule has 0 fully saturated rings. The molecular weight excluding hydrogens is 323 g/mol. The molecule has 0 atom stereocenters. The van der Waals surface area contributed by atoms with Crippen molar-refractivity contribution >= 4 is 40.0 Å². The monoisotopic (exact) mass is 342 g/mol. The van der Waals surface area contributed by atoms with E-state index in [2.05, 4.69) is 4.98 Å². The van der Waals surface area contributed by atoms with Gasteiger partial charge in [0.1, 0.15) is 0 Å². The Labute approximate surface area is 140 Å². The second kappa shape index (κ2) is 7.25. The highest BCUT2D eigenvalue weighted by Gasteiger charge is 2.16. The molecule has 0 aliphatic rings. The lowest BCUT2D eigenvalue weighted by Crippen LogP contribution is -2.28. The summed E-state index contributed by atoms with van der Waals surface area (Å²) in [4.78, 5) is 16.8. The summed E-state index contributed by atoms with van der Waals surface area (Å²) in [5, 5.41) is 1.98. The standard InChI is InChI=1S/C16H20Cl2N2O2/c1-4-5-15(21)20(2)7-6-10-11-8-12(17)13(18)9-14(11)19-16(10)22-3/h8-9,19H,4-7H2,1-3H3. The molecule has 0 aliphatic heterocycles. The van der Waals surface area contributed by atoms with Gasteiger partial charge in [-0.25, -0.2) is 0 Å². The molecule has 0 aliphatic carbocycles. The third-order valence-corrected chi connectivity index (χ3v) is 4.42. The van der Waals surface area contributed by atoms with E-state index in [9.17, 15) is 4.79 Å². The van der Waals surface area contributed by atoms with Crippen LogP contribution in [0.1, 0.15) is 25.3 Å². The van der Waals surface area contributed by atoms with Crippen molar-refractivity contribution in [1.29, 1.82) is 0 Å². The zero-order chi connectivity index (χ0) is 16.3. The lowest BCUT2D eigenvalue weighted by Gasteiger charge is -2.17. The van der Waals surface area contributed by atoms with Crippen LogP contribution in [0.3, 0.4) is 0 Å². The molecule has 1 heterocycles. The number of hydrogen-bond donors (Lipinski definition) is 1. The Morgan fingerprint density at radius 2 is 2.00 bits per heavy atom. The fourth-order valence-corrected chi connectivity index (χ4v) is 2.78. The van der Waals surface area contributed by atoms with Gasteiger partial charge < -0.3 is 14.6 Å². The number of fused-ring (bicyclic) bond motifs is 1. The summed E-state index contributed by atoms with van der Waals surface area (Å²) in [7, 11) is 3.44. The SMILES string of the molecule is CCCC(=O)N(C)CCc1c(OC)[nH]c2cc(Cl)c(Cl)cc12. The van der Waals surface area contributed by atoms with Gasteiger partial charge in [-0.1, -0.05) is 30.1 Å². The van der Waals surface area contributed by atoms with E-state index < -0.39 is 0 Å². The highest BCUT2D eigenvalue weighted by atomic mass is 35.5. The third-order valence-electron chi connectivity index (χ3n) is 3.70. The van der Waals surface area contributed by atoms with Crippen LogP contribution < -0.4 is 4.74 Å². The number of ether oxygens (including phenoxy) is 1. The number of carbonyl (C=O) groups excluding carboxylic acids is 1. The van der Waals surface area contributed by atoms with Crippen LogP contribution in [0.5, 0.6) is 5.88 Å². The van der Waals surface area contributed by atoms with Gasteiger partial charge in [0.05, 0.1) is 22.7 Å². The summed E-state index contributed by atoms with van der Waals surface area (Å²) >= 11 is 12.2. The number of benzene rings is 1. The van der Waals surface area contributed by atoms with Crippen molar-refractivity contribution < 1.29 is 9.53 Å². The lowest BCUT2D eigenvalue weighted by molar-refractivity contribution is -0.129. The zero-order valence-electron chi connectivity index (χ0n) is 13.0. The van der Waals surface area contributed by atoms with E-state index >= 15 is 0 Å². The third kappa shape index (κ3) is 3.50. The van der Waals surface area contributed by atoms with E-state index in [1.165, 1.54) is 0 Å². The summed E-state index contributed by atoms with van der Waals surface area (Å²) in [5.41, 5.74) is 1.89. The average molecular weight is 343 g/mol. The molecule has 0 saturated carbocycles. The maximum absolute atomic E-state index is 11.9. The van der Waals surface area contributed by atoms with E-state index in [0.717, 1.165) is 22.9 Å². The molecular formula is C16H20Cl2N2O2. The quantitative estimate of drug-likeness (QED) is 0.851. The zero-order valence-corrected chi connectivity index (χ0v) is 14.5. The van der Waals surface area contributed by atoms with Gasteiger partial charge >= 0.3 is 0 Å². The summed E-state index contributed by atoms with van der Waals surface area (Å²) in [5.74, 6) is 0.840. The van der Waals surface area contributed by atoms with Crippen LogP contribution in [0.25, 0.3) is 10.9 Å². The number of halogens is 2. The van der Waals surface area contributed by atoms with E-state index in [0.29, 0.717) is 35.3 Å². The van der Waals surface area contributed by atoms with Crippen LogP contribution in [0.4, 0.5) is 0 Å². The maximum atomic E-state index is 11.9. The first-order valence-electron chi connectivity index (χ1n) is 7.25. The Hall–Kier alpha value is -1.39. The van der Waals surface area contributed by atoms with Crippen LogP contribution in [-0.4, -0.2) is 36.5 Å². The Bertz CT molecular complexity index is 682. The van der Waals surface area contributed by atoms with Crippen LogP contribution in [0.15, 0.2) is 12.1 Å². The van der Waals surface area contributed by atoms with Gasteiger partial charge in [-0.3, -0.25) is 4.79 Å². The highest BCUT2D eigenvalue weighted by molar-refractivity contribution is 6.42. The van der Waals surface area contributed by atoms with Crippen LogP contribution in [-0.2, 0) is 11.2 Å². The van der Waals surface area contributed by atoms with Crippen molar-refractivity contribution in [3.05, 3.63) is 27.7 Å². The van der Waals surface area contributed by atoms with Crippen molar-refractivity contribution in [1.82, 2.24) is 9.88 Å². The normalized spacial score (nSPS) is 11.0. The minimum absolute atomic E-state index is 0.155. The fraction of sp³-hybridized carbons (Fsp3) is 0.438. The minimum atomic E-state index is 0.155. The number of aromatic nitrogens is 1. The molecule has 1 aromatic carbocycles. The molecule has 0 unspecified atom stereocenters. The molecule has 1 aromatic heterocycles. The number of amides is 1. The van der Waals surface area contributed by atoms with Crippen molar-refractivity contribution in [2.75, 3.05) is 20.7 Å². The Morgan fingerprint density at radius 3 is 2.64 bits per heavy atom. The van der Waals surface area contributed by atoms with E-state index in [4.69, 9.17) is 27.9 Å². The summed E-state index contributed by atoms with van der Waals surface area (Å²) in [6.07, 6.45) is 2.11. The van der Waals surface area contributed by atoms with E-state index in [1.54, 1.807) is 18.1 Å². The number of methoxy groups -OCH3 is 1. The molecule has 0 saturated heterocycles. The first kappa shape index (κ1) is 17.0. The minimum Gasteiger partial charge on any atom is -0.482 e. The number of H-pyrrole nitrogens is 1. The predicted octanol–water partition coefficient (Wildman–Crippen LogP) is 4.28. The molecule has 0 radical (unpaired) electrons. The molecule has 6 heteroatoms. The smallest absolute Gasteiger partial charge is 0.222 e. The number of rotatable bonds is 6. The van der Waals surface area contributed by atoms with Gasteiger partial charge in [0.25, 0.3) is 0 Å². The summed E-state index contributed by atoms with van der Waals surface area (Å²) in [6.45, 7) is 2.63. The molecule has 120 valence electrons. The van der Waals surface area contributed by atoms with Crippen molar-refractivity contribution in [3.63, 3.8) is 0 Å². The number of aromatic amines is 1. The van der Waals surface area contributed by atoms with E-state index in [-0.39, 0.29) is 5.91 Å². The predicted molar refractivity (Wildman–Crippen MR) is 91.1 cm³/mol. The molecule has 0 bridgehead atoms. The van der Waals surface area contributed by atoms with Gasteiger partial charge in [0, 0.05) is 31.0 Å². The second-order valence-corrected chi connectivity index (χ2v) is 6.08. The number of nitrogens with one attached hydrogen (secondary N) is 1. The van der Waals surface area contributed by atoms with Crippen molar-refractivity contribution in [2.45, 2.75) is 26.2 Å². The second-order valence-electron chi connectivity index (χ2n) is 5.26. The molecule has 4 nitrogen and oxygen atoms in total. The Kier molecular flexibility index (Phi) is 5.59. The maximum Gasteiger partial charge on any atom is 0.222 e. The van der Waals surface area contributed by atoms with E-state index in [1.807, 2.05) is 20.0 Å². The molecule has 1 amide bonds. The molecule has 2 aromatic rings. The number of hydrogen-bond acceptors (Lipinski definition) is 2. The Balaban J connectivity index is 2.26. The van der Waals surface area contributed by atoms with Crippen LogP contribution >= 0.6 is 23.2 Å². The van der Waals surface area contributed by atoms with Crippen molar-refractivity contribution in [2.24, 2.45) is 0 Å². The average Bonchev–Trinajstić information content (AvgIpc) is 2.82. The van der Waals surface area contributed by atoms with Gasteiger partial charge in [-0.15, -0.1) is 0 Å². The number of nitrogens with zero attached hydrogens (tertiary/aromatic N) is 1. The first-order chi connectivity index (χ1) is 10.5. The topological polar surface area (TPSA) is 45.3 Å². The summed E-state index contributed by atoms with van der Waals surface area (Å²) in [6, 6.07) is 3.62. The van der Waals surface area contributed by atoms with Gasteiger partial charge in [-0.2, -0.15) is 0 Å². The number of carbonyl (C=O) groups is 1. The molecule has 1 N–H and O–H groups in total. The molecule has 0 spiro atoms.